The van der Waals surface area contributed by atoms with Crippen molar-refractivity contribution in [3.8, 4) is 6.07 Å². The molecule has 0 bridgehead atoms. The molecule has 0 aliphatic carbocycles. The third kappa shape index (κ3) is 3.52. The summed E-state index contributed by atoms with van der Waals surface area (Å²) in [5.41, 5.74) is 3.48. The Morgan fingerprint density at radius 1 is 1.24 bits per heavy atom. The lowest BCUT2D eigenvalue weighted by molar-refractivity contribution is 0.0932. The van der Waals surface area contributed by atoms with Crippen molar-refractivity contribution < 1.29 is 4.79 Å². The molecule has 1 aromatic heterocycles. The monoisotopic (exact) mass is 351 g/mol. The van der Waals surface area contributed by atoms with E-state index in [0.29, 0.717) is 17.1 Å². The molecule has 4 nitrogen and oxygen atoms in total. The van der Waals surface area contributed by atoms with Gasteiger partial charge in [-0.3, -0.25) is 4.79 Å². The van der Waals surface area contributed by atoms with Crippen molar-refractivity contribution in [2.45, 2.75) is 19.4 Å². The number of nitrogens with one attached hydrogen (secondary N) is 1. The van der Waals surface area contributed by atoms with Gasteiger partial charge in [-0.1, -0.05) is 41.9 Å². The molecular weight excluding hydrogens is 334 g/mol. The topological polar surface area (TPSA) is 57.8 Å². The van der Waals surface area contributed by atoms with Gasteiger partial charge in [0.1, 0.15) is 5.69 Å². The maximum Gasteiger partial charge on any atom is 0.268 e. The van der Waals surface area contributed by atoms with E-state index >= 15 is 0 Å². The van der Waals surface area contributed by atoms with Crippen LogP contribution in [-0.2, 0) is 13.5 Å². The summed E-state index contributed by atoms with van der Waals surface area (Å²) in [4.78, 5) is 12.7. The third-order valence-corrected chi connectivity index (χ3v) is 4.59. The fourth-order valence-electron chi connectivity index (χ4n) is 2.89. The summed E-state index contributed by atoms with van der Waals surface area (Å²) >= 11 is 6.05. The quantitative estimate of drug-likeness (QED) is 0.757. The molecule has 0 saturated heterocycles. The Kier molecular flexibility index (Phi) is 4.78. The number of carbonyl (C=O) groups is 1. The Balaban J connectivity index is 1.79. The van der Waals surface area contributed by atoms with Crippen molar-refractivity contribution in [1.82, 2.24) is 9.88 Å². The van der Waals surface area contributed by atoms with Crippen LogP contribution in [-0.4, -0.2) is 10.5 Å². The summed E-state index contributed by atoms with van der Waals surface area (Å²) in [5, 5.41) is 13.4. The number of aryl methyl sites for hydroxylation is 1. The van der Waals surface area contributed by atoms with E-state index in [9.17, 15) is 4.79 Å². The van der Waals surface area contributed by atoms with E-state index in [1.54, 1.807) is 0 Å². The Labute approximate surface area is 151 Å². The van der Waals surface area contributed by atoms with Crippen LogP contribution in [0.1, 0.15) is 34.6 Å². The lowest BCUT2D eigenvalue weighted by Gasteiger charge is -2.15. The lowest BCUT2D eigenvalue weighted by Crippen LogP contribution is -2.28. The minimum absolute atomic E-state index is 0.134. The average molecular weight is 352 g/mol. The lowest BCUT2D eigenvalue weighted by atomic mass is 10.0. The van der Waals surface area contributed by atoms with Crippen LogP contribution in [0.5, 0.6) is 0 Å². The molecule has 0 unspecified atom stereocenters. The molecule has 2 aromatic carbocycles. The summed E-state index contributed by atoms with van der Waals surface area (Å²) in [7, 11) is 1.86. The molecule has 3 rings (SSSR count). The Morgan fingerprint density at radius 3 is 2.64 bits per heavy atom. The summed E-state index contributed by atoms with van der Waals surface area (Å²) in [6.07, 6.45) is 0.388. The van der Waals surface area contributed by atoms with Gasteiger partial charge in [0.2, 0.25) is 0 Å². The number of aromatic nitrogens is 1. The van der Waals surface area contributed by atoms with Gasteiger partial charge in [-0.15, -0.1) is 0 Å². The number of fused-ring (bicyclic) bond motifs is 1. The van der Waals surface area contributed by atoms with Crippen LogP contribution >= 0.6 is 11.6 Å². The molecule has 126 valence electrons. The number of amides is 1. The van der Waals surface area contributed by atoms with Crippen LogP contribution in [0.4, 0.5) is 0 Å². The highest BCUT2D eigenvalue weighted by atomic mass is 35.5. The molecule has 0 spiro atoms. The van der Waals surface area contributed by atoms with Crippen molar-refractivity contribution in [2.75, 3.05) is 0 Å². The molecule has 0 aliphatic heterocycles. The predicted octanol–water partition coefficient (Wildman–Crippen LogP) is 4.39. The molecular formula is C20H18ClN3O. The number of hydrogen-bond donors (Lipinski definition) is 1. The number of nitriles is 1. The van der Waals surface area contributed by atoms with Crippen LogP contribution in [0.15, 0.2) is 48.5 Å². The summed E-state index contributed by atoms with van der Waals surface area (Å²) in [5.74, 6) is -0.136. The predicted molar refractivity (Wildman–Crippen MR) is 99.6 cm³/mol. The van der Waals surface area contributed by atoms with Crippen molar-refractivity contribution in [2.24, 2.45) is 7.05 Å². The van der Waals surface area contributed by atoms with Gasteiger partial charge in [0.25, 0.3) is 5.91 Å². The smallest absolute Gasteiger partial charge is 0.268 e. The molecule has 1 heterocycles. The van der Waals surface area contributed by atoms with E-state index in [1.165, 1.54) is 0 Å². The number of rotatable bonds is 4. The number of halogens is 1. The van der Waals surface area contributed by atoms with Crippen molar-refractivity contribution in [3.05, 3.63) is 70.4 Å². The fourth-order valence-corrected chi connectivity index (χ4v) is 3.06. The van der Waals surface area contributed by atoms with Crippen LogP contribution in [0, 0.1) is 11.3 Å². The largest absolute Gasteiger partial charge is 0.344 e. The van der Waals surface area contributed by atoms with Crippen LogP contribution in [0.2, 0.25) is 5.02 Å². The first-order valence-electron chi connectivity index (χ1n) is 8.01. The highest BCUT2D eigenvalue weighted by Crippen LogP contribution is 2.23. The standard InChI is InChI=1S/C20H18ClN3O/c1-13(15-5-3-14(4-6-15)9-10-22)23-20(25)19-11-16-7-8-17(21)12-18(16)24(19)2/h3-8,11-13H,9H2,1-2H3,(H,23,25)/t13-/m1/s1. The maximum absolute atomic E-state index is 12.7. The highest BCUT2D eigenvalue weighted by molar-refractivity contribution is 6.31. The van der Waals surface area contributed by atoms with Gasteiger partial charge in [0.15, 0.2) is 0 Å². The zero-order valence-corrected chi connectivity index (χ0v) is 14.8. The van der Waals surface area contributed by atoms with Crippen LogP contribution in [0.25, 0.3) is 10.9 Å². The summed E-state index contributed by atoms with van der Waals surface area (Å²) in [6.45, 7) is 1.94. The summed E-state index contributed by atoms with van der Waals surface area (Å²) < 4.78 is 1.85. The molecule has 0 fully saturated rings. The Morgan fingerprint density at radius 2 is 1.96 bits per heavy atom. The van der Waals surface area contributed by atoms with Crippen molar-refractivity contribution in [3.63, 3.8) is 0 Å². The molecule has 0 radical (unpaired) electrons. The second kappa shape index (κ2) is 7.00. The highest BCUT2D eigenvalue weighted by Gasteiger charge is 2.16. The van der Waals surface area contributed by atoms with E-state index in [1.807, 2.05) is 67.1 Å². The first-order valence-corrected chi connectivity index (χ1v) is 8.39. The van der Waals surface area contributed by atoms with Gasteiger partial charge in [-0.2, -0.15) is 5.26 Å². The first kappa shape index (κ1) is 17.1. The molecule has 1 atom stereocenters. The average Bonchev–Trinajstić information content (AvgIpc) is 2.92. The van der Waals surface area contributed by atoms with Gasteiger partial charge < -0.3 is 9.88 Å². The van der Waals surface area contributed by atoms with Crippen LogP contribution < -0.4 is 5.32 Å². The Bertz CT molecular complexity index is 967. The third-order valence-electron chi connectivity index (χ3n) is 4.35. The Hall–Kier alpha value is -2.77. The van der Waals surface area contributed by atoms with Gasteiger partial charge >= 0.3 is 0 Å². The van der Waals surface area contributed by atoms with E-state index < -0.39 is 0 Å². The van der Waals surface area contributed by atoms with Gasteiger partial charge in [-0.25, -0.2) is 0 Å². The minimum atomic E-state index is -0.136. The molecule has 1 amide bonds. The second-order valence-electron chi connectivity index (χ2n) is 6.06. The minimum Gasteiger partial charge on any atom is -0.344 e. The fraction of sp³-hybridized carbons (Fsp3) is 0.200. The molecule has 3 aromatic rings. The van der Waals surface area contributed by atoms with Gasteiger partial charge in [0.05, 0.1) is 18.5 Å². The van der Waals surface area contributed by atoms with E-state index in [0.717, 1.165) is 22.0 Å². The van der Waals surface area contributed by atoms with Crippen LogP contribution in [0.3, 0.4) is 0 Å². The van der Waals surface area contributed by atoms with Crippen molar-refractivity contribution in [1.29, 1.82) is 5.26 Å². The molecule has 0 aliphatic rings. The second-order valence-corrected chi connectivity index (χ2v) is 6.50. The molecule has 5 heteroatoms. The molecule has 0 saturated carbocycles. The molecule has 1 N–H and O–H groups in total. The normalized spacial score (nSPS) is 11.9. The van der Waals surface area contributed by atoms with E-state index in [2.05, 4.69) is 11.4 Å². The first-order chi connectivity index (χ1) is 12.0. The van der Waals surface area contributed by atoms with Gasteiger partial charge in [0, 0.05) is 23.0 Å². The van der Waals surface area contributed by atoms with E-state index in [4.69, 9.17) is 16.9 Å². The number of nitrogens with zero attached hydrogens (tertiary/aromatic N) is 2. The number of hydrogen-bond acceptors (Lipinski definition) is 2. The van der Waals surface area contributed by atoms with Crippen molar-refractivity contribution >= 4 is 28.4 Å². The number of benzene rings is 2. The number of carbonyl (C=O) groups excluding carboxylic acids is 1. The zero-order chi connectivity index (χ0) is 18.0. The molecule has 25 heavy (non-hydrogen) atoms. The maximum atomic E-state index is 12.7. The summed E-state index contributed by atoms with van der Waals surface area (Å²) in [6, 6.07) is 17.2. The zero-order valence-electron chi connectivity index (χ0n) is 14.1. The van der Waals surface area contributed by atoms with Gasteiger partial charge in [-0.05, 0) is 36.2 Å². The SMILES string of the molecule is C[C@@H](NC(=O)c1cc2ccc(Cl)cc2n1C)c1ccc(CC#N)cc1. The van der Waals surface area contributed by atoms with E-state index in [-0.39, 0.29) is 11.9 Å².